The van der Waals surface area contributed by atoms with Gasteiger partial charge in [0.05, 0.1) is 11.6 Å². The third-order valence-electron chi connectivity index (χ3n) is 2.44. The number of nitrogens with zero attached hydrogens (tertiary/aromatic N) is 1. The topological polar surface area (TPSA) is 76.4 Å². The van der Waals surface area contributed by atoms with Crippen LogP contribution in [0.2, 0.25) is 0 Å². The molecule has 1 aromatic rings. The molecule has 0 unspecified atom stereocenters. The fourth-order valence-electron chi connectivity index (χ4n) is 1.64. The lowest BCUT2D eigenvalue weighted by Gasteiger charge is -2.29. The van der Waals surface area contributed by atoms with Crippen molar-refractivity contribution in [1.29, 1.82) is 5.26 Å². The lowest BCUT2D eigenvalue weighted by atomic mass is 10.1. The lowest BCUT2D eigenvalue weighted by Crippen LogP contribution is -2.41. The van der Waals surface area contributed by atoms with Crippen LogP contribution in [0.3, 0.4) is 0 Å². The maximum absolute atomic E-state index is 11.7. The average Bonchev–Trinajstić information content (AvgIpc) is 2.33. The molecule has 0 amide bonds. The van der Waals surface area contributed by atoms with E-state index in [1.807, 2.05) is 6.07 Å². The summed E-state index contributed by atoms with van der Waals surface area (Å²) < 4.78 is 9.94. The Bertz CT molecular complexity index is 601. The molecule has 0 spiro atoms. The van der Waals surface area contributed by atoms with E-state index in [1.165, 1.54) is 19.9 Å². The predicted octanol–water partition coefficient (Wildman–Crippen LogP) is 1.78. The van der Waals surface area contributed by atoms with Gasteiger partial charge in [0.15, 0.2) is 0 Å². The van der Waals surface area contributed by atoms with Gasteiger partial charge in [0.2, 0.25) is 0 Å². The summed E-state index contributed by atoms with van der Waals surface area (Å²) in [7, 11) is 0. The van der Waals surface area contributed by atoms with Crippen LogP contribution in [-0.2, 0) is 19.1 Å². The number of benzene rings is 1. The second-order valence-corrected chi connectivity index (χ2v) is 4.47. The van der Waals surface area contributed by atoms with E-state index in [4.69, 9.17) is 14.7 Å². The first kappa shape index (κ1) is 12.8. The van der Waals surface area contributed by atoms with E-state index in [-0.39, 0.29) is 5.57 Å². The summed E-state index contributed by atoms with van der Waals surface area (Å²) in [5, 5.41) is 8.79. The molecule has 19 heavy (non-hydrogen) atoms. The Balaban J connectivity index is 2.36. The number of carbonyl (C=O) groups is 2. The number of rotatable bonds is 1. The SMILES string of the molecule is CC1(C)OC(=O)C(=Cc2cccc(C#N)c2)C(=O)O1. The monoisotopic (exact) mass is 257 g/mol. The van der Waals surface area contributed by atoms with E-state index in [0.29, 0.717) is 11.1 Å². The minimum Gasteiger partial charge on any atom is -0.419 e. The van der Waals surface area contributed by atoms with Gasteiger partial charge in [0.1, 0.15) is 5.57 Å². The van der Waals surface area contributed by atoms with Crippen molar-refractivity contribution in [3.63, 3.8) is 0 Å². The molecule has 1 aromatic carbocycles. The highest BCUT2D eigenvalue weighted by Gasteiger charge is 2.38. The molecule has 0 aromatic heterocycles. The molecule has 0 bridgehead atoms. The number of hydrogen-bond acceptors (Lipinski definition) is 5. The van der Waals surface area contributed by atoms with Crippen molar-refractivity contribution in [2.45, 2.75) is 19.6 Å². The molecule has 96 valence electrons. The quantitative estimate of drug-likeness (QED) is 0.435. The van der Waals surface area contributed by atoms with E-state index in [1.54, 1.807) is 24.3 Å². The maximum Gasteiger partial charge on any atom is 0.348 e. The number of cyclic esters (lactones) is 2. The van der Waals surface area contributed by atoms with Crippen molar-refractivity contribution >= 4 is 18.0 Å². The van der Waals surface area contributed by atoms with Crippen molar-refractivity contribution in [3.05, 3.63) is 41.0 Å². The third kappa shape index (κ3) is 2.80. The van der Waals surface area contributed by atoms with Crippen molar-refractivity contribution in [3.8, 4) is 6.07 Å². The van der Waals surface area contributed by atoms with Gasteiger partial charge in [-0.2, -0.15) is 5.26 Å². The predicted molar refractivity (Wildman–Crippen MR) is 65.4 cm³/mol. The maximum atomic E-state index is 11.7. The first-order valence-electron chi connectivity index (χ1n) is 5.60. The Morgan fingerprint density at radius 2 is 1.84 bits per heavy atom. The Kier molecular flexibility index (Phi) is 3.09. The Morgan fingerprint density at radius 1 is 1.21 bits per heavy atom. The summed E-state index contributed by atoms with van der Waals surface area (Å²) in [4.78, 5) is 23.4. The smallest absolute Gasteiger partial charge is 0.348 e. The van der Waals surface area contributed by atoms with E-state index in [0.717, 1.165) is 0 Å². The fourth-order valence-corrected chi connectivity index (χ4v) is 1.64. The van der Waals surface area contributed by atoms with Gasteiger partial charge in [-0.05, 0) is 23.8 Å². The summed E-state index contributed by atoms with van der Waals surface area (Å²) in [5.41, 5.74) is 0.810. The van der Waals surface area contributed by atoms with Crippen molar-refractivity contribution < 1.29 is 19.1 Å². The molecule has 0 atom stereocenters. The molecule has 1 saturated heterocycles. The van der Waals surface area contributed by atoms with Gasteiger partial charge in [0, 0.05) is 13.8 Å². The Labute approximate surface area is 110 Å². The molecule has 1 aliphatic rings. The van der Waals surface area contributed by atoms with Gasteiger partial charge in [0.25, 0.3) is 5.79 Å². The van der Waals surface area contributed by atoms with Crippen LogP contribution < -0.4 is 0 Å². The van der Waals surface area contributed by atoms with Gasteiger partial charge < -0.3 is 9.47 Å². The van der Waals surface area contributed by atoms with E-state index in [9.17, 15) is 9.59 Å². The standard InChI is InChI=1S/C14H11NO4/c1-14(2)18-12(16)11(13(17)19-14)7-9-4-3-5-10(6-9)8-15/h3-7H,1-2H3. The molecule has 0 aliphatic carbocycles. The molecule has 5 nitrogen and oxygen atoms in total. The molecule has 5 heteroatoms. The van der Waals surface area contributed by atoms with Crippen LogP contribution in [0.4, 0.5) is 0 Å². The van der Waals surface area contributed by atoms with Crippen LogP contribution in [0, 0.1) is 11.3 Å². The molecular formula is C14H11NO4. The number of hydrogen-bond donors (Lipinski definition) is 0. The van der Waals surface area contributed by atoms with Crippen LogP contribution in [-0.4, -0.2) is 17.7 Å². The molecule has 0 radical (unpaired) electrons. The summed E-state index contributed by atoms with van der Waals surface area (Å²) in [6.45, 7) is 2.96. The highest BCUT2D eigenvalue weighted by Crippen LogP contribution is 2.24. The fraction of sp³-hybridized carbons (Fsp3) is 0.214. The average molecular weight is 257 g/mol. The Morgan fingerprint density at radius 3 is 2.42 bits per heavy atom. The second-order valence-electron chi connectivity index (χ2n) is 4.47. The number of esters is 2. The highest BCUT2D eigenvalue weighted by molar-refractivity contribution is 6.18. The normalized spacial score (nSPS) is 17.2. The molecule has 1 aliphatic heterocycles. The zero-order chi connectivity index (χ0) is 14.0. The van der Waals surface area contributed by atoms with E-state index in [2.05, 4.69) is 0 Å². The summed E-state index contributed by atoms with van der Waals surface area (Å²) >= 11 is 0. The lowest BCUT2D eigenvalue weighted by molar-refractivity contribution is -0.222. The van der Waals surface area contributed by atoms with E-state index >= 15 is 0 Å². The molecule has 1 fully saturated rings. The van der Waals surface area contributed by atoms with Gasteiger partial charge in [-0.3, -0.25) is 0 Å². The summed E-state index contributed by atoms with van der Waals surface area (Å²) in [6.07, 6.45) is 1.35. The van der Waals surface area contributed by atoms with Gasteiger partial charge >= 0.3 is 11.9 Å². The molecule has 0 N–H and O–H groups in total. The zero-order valence-electron chi connectivity index (χ0n) is 10.5. The minimum absolute atomic E-state index is 0.186. The molecular weight excluding hydrogens is 246 g/mol. The van der Waals surface area contributed by atoms with Crippen LogP contribution in [0.1, 0.15) is 25.0 Å². The van der Waals surface area contributed by atoms with Crippen molar-refractivity contribution in [1.82, 2.24) is 0 Å². The molecule has 1 heterocycles. The van der Waals surface area contributed by atoms with Gasteiger partial charge in [-0.1, -0.05) is 12.1 Å². The van der Waals surface area contributed by atoms with Crippen molar-refractivity contribution in [2.75, 3.05) is 0 Å². The summed E-state index contributed by atoms with van der Waals surface area (Å²) in [5.74, 6) is -2.72. The number of nitriles is 1. The summed E-state index contributed by atoms with van der Waals surface area (Å²) in [6, 6.07) is 8.50. The van der Waals surface area contributed by atoms with Crippen LogP contribution in [0.5, 0.6) is 0 Å². The van der Waals surface area contributed by atoms with Crippen LogP contribution in [0.15, 0.2) is 29.8 Å². The molecule has 0 saturated carbocycles. The Hall–Kier alpha value is -2.61. The minimum atomic E-state index is -1.25. The third-order valence-corrected chi connectivity index (χ3v) is 2.44. The first-order valence-corrected chi connectivity index (χ1v) is 5.60. The van der Waals surface area contributed by atoms with Gasteiger partial charge in [-0.15, -0.1) is 0 Å². The first-order chi connectivity index (χ1) is 8.91. The largest absolute Gasteiger partial charge is 0.419 e. The van der Waals surface area contributed by atoms with Gasteiger partial charge in [-0.25, -0.2) is 9.59 Å². The number of ether oxygens (including phenoxy) is 2. The van der Waals surface area contributed by atoms with Crippen LogP contribution in [0.25, 0.3) is 6.08 Å². The van der Waals surface area contributed by atoms with E-state index < -0.39 is 17.7 Å². The zero-order valence-corrected chi connectivity index (χ0v) is 10.5. The highest BCUT2D eigenvalue weighted by atomic mass is 16.7. The van der Waals surface area contributed by atoms with Crippen molar-refractivity contribution in [2.24, 2.45) is 0 Å². The number of carbonyl (C=O) groups excluding carboxylic acids is 2. The second kappa shape index (κ2) is 4.58. The molecule has 2 rings (SSSR count). The van der Waals surface area contributed by atoms with Crippen LogP contribution >= 0.6 is 0 Å².